The van der Waals surface area contributed by atoms with E-state index in [0.29, 0.717) is 9.75 Å². The van der Waals surface area contributed by atoms with Gasteiger partial charge in [0.15, 0.2) is 0 Å². The van der Waals surface area contributed by atoms with Crippen molar-refractivity contribution in [2.24, 2.45) is 0 Å². The van der Waals surface area contributed by atoms with Crippen molar-refractivity contribution in [3.63, 3.8) is 0 Å². The maximum absolute atomic E-state index is 12.9. The lowest BCUT2D eigenvalue weighted by Crippen LogP contribution is -2.36. The number of nitrogens with zero attached hydrogens (tertiary/aromatic N) is 1. The molecule has 144 valence electrons. The van der Waals surface area contributed by atoms with Crippen LogP contribution in [0, 0.1) is 13.8 Å². The third-order valence-corrected chi connectivity index (χ3v) is 7.29. The molecule has 0 radical (unpaired) electrons. The van der Waals surface area contributed by atoms with Crippen LogP contribution in [-0.4, -0.2) is 19.6 Å². The summed E-state index contributed by atoms with van der Waals surface area (Å²) in [4.78, 5) is 1.08. The molecular formula is C16H19F3N2O3S2. The predicted molar refractivity (Wildman–Crippen MR) is 91.5 cm³/mol. The average Bonchev–Trinajstić information content (AvgIpc) is 3.11. The Hall–Kier alpha value is -1.39. The molecule has 1 saturated carbocycles. The molecule has 1 aliphatic rings. The molecule has 1 fully saturated rings. The number of thiophene rings is 1. The molecular weight excluding hydrogens is 389 g/mol. The molecule has 0 amide bonds. The van der Waals surface area contributed by atoms with Gasteiger partial charge in [-0.2, -0.15) is 13.2 Å². The van der Waals surface area contributed by atoms with Crippen molar-refractivity contribution in [1.82, 2.24) is 9.88 Å². The van der Waals surface area contributed by atoms with Crippen LogP contribution in [-0.2, 0) is 16.2 Å². The Bertz CT molecular complexity index is 894. The molecule has 2 heterocycles. The number of hydrogen-bond donors (Lipinski definition) is 1. The fraction of sp³-hybridized carbons (Fsp3) is 0.562. The highest BCUT2D eigenvalue weighted by Crippen LogP contribution is 2.40. The van der Waals surface area contributed by atoms with Gasteiger partial charge in [-0.25, -0.2) is 13.1 Å². The minimum absolute atomic E-state index is 0.00685. The number of alkyl halides is 3. The first-order valence-electron chi connectivity index (χ1n) is 8.26. The number of nitrogens with one attached hydrogen (secondary N) is 1. The van der Waals surface area contributed by atoms with Gasteiger partial charge in [-0.05, 0) is 26.7 Å². The Morgan fingerprint density at radius 3 is 2.42 bits per heavy atom. The van der Waals surface area contributed by atoms with E-state index in [9.17, 15) is 21.6 Å². The highest BCUT2D eigenvalue weighted by molar-refractivity contribution is 7.89. The van der Waals surface area contributed by atoms with Crippen molar-refractivity contribution < 1.29 is 26.1 Å². The zero-order valence-corrected chi connectivity index (χ0v) is 15.9. The first kappa shape index (κ1) is 19.4. The monoisotopic (exact) mass is 408 g/mol. The second kappa shape index (κ2) is 6.97. The first-order valence-corrected chi connectivity index (χ1v) is 10.6. The Balaban J connectivity index is 2.01. The fourth-order valence-corrected chi connectivity index (χ4v) is 6.49. The average molecular weight is 408 g/mol. The minimum atomic E-state index is -4.68. The quantitative estimate of drug-likeness (QED) is 0.799. The van der Waals surface area contributed by atoms with Crippen LogP contribution in [0.2, 0.25) is 0 Å². The summed E-state index contributed by atoms with van der Waals surface area (Å²) in [5.74, 6) is -1.25. The van der Waals surface area contributed by atoms with Crippen LogP contribution < -0.4 is 4.72 Å². The van der Waals surface area contributed by atoms with Crippen LogP contribution >= 0.6 is 11.3 Å². The molecule has 1 N–H and O–H groups in total. The van der Waals surface area contributed by atoms with Crippen molar-refractivity contribution in [2.75, 3.05) is 0 Å². The summed E-state index contributed by atoms with van der Waals surface area (Å²) in [6.07, 6.45) is -0.152. The third-order valence-electron chi connectivity index (χ3n) is 4.45. The molecule has 0 unspecified atom stereocenters. The molecule has 26 heavy (non-hydrogen) atoms. The highest BCUT2D eigenvalue weighted by Gasteiger charge is 2.37. The van der Waals surface area contributed by atoms with E-state index in [-0.39, 0.29) is 22.2 Å². The normalized spacial score (nSPS) is 17.0. The molecule has 0 spiro atoms. The predicted octanol–water partition coefficient (Wildman–Crippen LogP) is 4.65. The van der Waals surface area contributed by atoms with E-state index in [1.54, 1.807) is 13.8 Å². The zero-order chi connectivity index (χ0) is 19.1. The third kappa shape index (κ3) is 3.81. The number of aromatic nitrogens is 1. The zero-order valence-electron chi connectivity index (χ0n) is 14.3. The Morgan fingerprint density at radius 1 is 1.19 bits per heavy atom. The van der Waals surface area contributed by atoms with E-state index >= 15 is 0 Å². The van der Waals surface area contributed by atoms with E-state index in [2.05, 4.69) is 14.4 Å². The SMILES string of the molecule is Cc1sc(C)c(S(=O)(=O)NC2CCCCC2)c1-c1cc(C(F)(F)F)on1. The summed E-state index contributed by atoms with van der Waals surface area (Å²) in [6, 6.07) is 0.595. The molecule has 3 rings (SSSR count). The molecule has 2 aromatic heterocycles. The molecule has 2 aromatic rings. The van der Waals surface area contributed by atoms with Gasteiger partial charge in [-0.15, -0.1) is 11.3 Å². The highest BCUT2D eigenvalue weighted by atomic mass is 32.2. The Labute approximate surface area is 153 Å². The van der Waals surface area contributed by atoms with Crippen LogP contribution in [0.1, 0.15) is 47.6 Å². The molecule has 0 saturated heterocycles. The number of rotatable bonds is 4. The van der Waals surface area contributed by atoms with Gasteiger partial charge in [0.2, 0.25) is 15.8 Å². The number of aryl methyl sites for hydroxylation is 2. The summed E-state index contributed by atoms with van der Waals surface area (Å²) in [6.45, 7) is 3.30. The van der Waals surface area contributed by atoms with Crippen molar-refractivity contribution >= 4 is 21.4 Å². The Kier molecular flexibility index (Phi) is 5.19. The summed E-state index contributed by atoms with van der Waals surface area (Å²) in [5.41, 5.74) is 0.0539. The van der Waals surface area contributed by atoms with E-state index in [0.717, 1.165) is 38.2 Å². The van der Waals surface area contributed by atoms with Gasteiger partial charge in [0, 0.05) is 27.4 Å². The van der Waals surface area contributed by atoms with Gasteiger partial charge >= 0.3 is 6.18 Å². The van der Waals surface area contributed by atoms with Crippen molar-refractivity contribution in [1.29, 1.82) is 0 Å². The van der Waals surface area contributed by atoms with E-state index in [1.165, 1.54) is 11.3 Å². The van der Waals surface area contributed by atoms with Crippen LogP contribution in [0.25, 0.3) is 11.3 Å². The molecule has 0 aromatic carbocycles. The standard InChI is InChI=1S/C16H19F3N2O3S2/c1-9-14(12-8-13(24-20-12)16(17,18)19)15(10(2)25-9)26(22,23)21-11-6-4-3-5-7-11/h8,11,21H,3-7H2,1-2H3. The fourth-order valence-electron chi connectivity index (χ4n) is 3.31. The van der Waals surface area contributed by atoms with E-state index in [1.807, 2.05) is 0 Å². The summed E-state index contributed by atoms with van der Waals surface area (Å²) in [5, 5.41) is 3.47. The number of halogens is 3. The second-order valence-electron chi connectivity index (χ2n) is 6.45. The van der Waals surface area contributed by atoms with Gasteiger partial charge in [0.05, 0.1) is 0 Å². The van der Waals surface area contributed by atoms with Gasteiger partial charge in [0.1, 0.15) is 10.6 Å². The molecule has 1 aliphatic carbocycles. The van der Waals surface area contributed by atoms with Gasteiger partial charge in [-0.1, -0.05) is 24.4 Å². The second-order valence-corrected chi connectivity index (χ2v) is 9.53. The van der Waals surface area contributed by atoms with Crippen molar-refractivity contribution in [3.05, 3.63) is 21.6 Å². The van der Waals surface area contributed by atoms with Crippen LogP contribution in [0.3, 0.4) is 0 Å². The number of sulfonamides is 1. The molecule has 0 aliphatic heterocycles. The van der Waals surface area contributed by atoms with Crippen molar-refractivity contribution in [3.8, 4) is 11.3 Å². The largest absolute Gasteiger partial charge is 0.452 e. The topological polar surface area (TPSA) is 72.2 Å². The molecule has 10 heteroatoms. The lowest BCUT2D eigenvalue weighted by atomic mass is 9.96. The minimum Gasteiger partial charge on any atom is -0.351 e. The first-order chi connectivity index (χ1) is 12.1. The Morgan fingerprint density at radius 2 is 1.85 bits per heavy atom. The summed E-state index contributed by atoms with van der Waals surface area (Å²) >= 11 is 1.21. The van der Waals surface area contributed by atoms with Crippen molar-refractivity contribution in [2.45, 2.75) is 63.1 Å². The van der Waals surface area contributed by atoms with Gasteiger partial charge in [-0.3, -0.25) is 0 Å². The van der Waals surface area contributed by atoms with Gasteiger partial charge in [0.25, 0.3) is 0 Å². The number of hydrogen-bond acceptors (Lipinski definition) is 5. The molecule has 0 bridgehead atoms. The maximum Gasteiger partial charge on any atom is 0.452 e. The lowest BCUT2D eigenvalue weighted by molar-refractivity contribution is -0.155. The summed E-state index contributed by atoms with van der Waals surface area (Å²) in [7, 11) is -3.88. The summed E-state index contributed by atoms with van der Waals surface area (Å²) < 4.78 is 71.4. The molecule has 0 atom stereocenters. The smallest absolute Gasteiger partial charge is 0.351 e. The van der Waals surface area contributed by atoms with Crippen LogP contribution in [0.4, 0.5) is 13.2 Å². The maximum atomic E-state index is 12.9. The van der Waals surface area contributed by atoms with E-state index < -0.39 is 22.0 Å². The van der Waals surface area contributed by atoms with E-state index in [4.69, 9.17) is 0 Å². The van der Waals surface area contributed by atoms with Gasteiger partial charge < -0.3 is 4.52 Å². The lowest BCUT2D eigenvalue weighted by Gasteiger charge is -2.22. The molecule has 5 nitrogen and oxygen atoms in total. The van der Waals surface area contributed by atoms with Crippen LogP contribution in [0.15, 0.2) is 15.5 Å². The van der Waals surface area contributed by atoms with Crippen LogP contribution in [0.5, 0.6) is 0 Å².